The van der Waals surface area contributed by atoms with Gasteiger partial charge in [-0.25, -0.2) is 0 Å². The number of fused-ring (bicyclic) bond motifs is 1. The standard InChI is InChI=1S/C11H7Br2N3O3S/c12-6-1-5-8(17)4(2-15-16-11(14)20)3-19-10(5)7(13)9(6)18/h1-3,18H,(H3,14,16,20)/b15-2+. The summed E-state index contributed by atoms with van der Waals surface area (Å²) in [6.45, 7) is 0. The van der Waals surface area contributed by atoms with Gasteiger partial charge in [0.2, 0.25) is 5.43 Å². The molecule has 0 radical (unpaired) electrons. The Hall–Kier alpha value is -1.45. The van der Waals surface area contributed by atoms with Gasteiger partial charge in [0.15, 0.2) is 10.7 Å². The van der Waals surface area contributed by atoms with Crippen LogP contribution in [0.4, 0.5) is 0 Å². The van der Waals surface area contributed by atoms with E-state index < -0.39 is 0 Å². The quantitative estimate of drug-likeness (QED) is 0.391. The topological polar surface area (TPSA) is 101 Å². The first-order valence-electron chi connectivity index (χ1n) is 5.12. The Kier molecular flexibility index (Phi) is 4.41. The average Bonchev–Trinajstić information content (AvgIpc) is 2.39. The minimum absolute atomic E-state index is 0.0122. The molecule has 2 rings (SSSR count). The first-order chi connectivity index (χ1) is 9.41. The van der Waals surface area contributed by atoms with Crippen molar-refractivity contribution in [3.05, 3.63) is 37.1 Å². The molecule has 2 aromatic rings. The number of aromatic hydroxyl groups is 1. The minimum atomic E-state index is -0.305. The average molecular weight is 421 g/mol. The van der Waals surface area contributed by atoms with Crippen LogP contribution >= 0.6 is 44.1 Å². The van der Waals surface area contributed by atoms with Gasteiger partial charge < -0.3 is 15.3 Å². The largest absolute Gasteiger partial charge is 0.505 e. The third-order valence-electron chi connectivity index (χ3n) is 2.34. The predicted molar refractivity (Wildman–Crippen MR) is 87.1 cm³/mol. The molecule has 0 atom stereocenters. The van der Waals surface area contributed by atoms with Crippen LogP contribution in [-0.4, -0.2) is 16.4 Å². The summed E-state index contributed by atoms with van der Waals surface area (Å²) in [6, 6.07) is 1.47. The van der Waals surface area contributed by atoms with Crippen molar-refractivity contribution >= 4 is 66.4 Å². The lowest BCUT2D eigenvalue weighted by Gasteiger charge is -2.04. The Morgan fingerprint density at radius 2 is 2.25 bits per heavy atom. The molecule has 20 heavy (non-hydrogen) atoms. The molecular formula is C11H7Br2N3O3S. The van der Waals surface area contributed by atoms with Crippen molar-refractivity contribution in [1.82, 2.24) is 5.43 Å². The zero-order chi connectivity index (χ0) is 14.9. The van der Waals surface area contributed by atoms with E-state index in [9.17, 15) is 9.90 Å². The molecule has 0 aliphatic carbocycles. The molecule has 0 bridgehead atoms. The van der Waals surface area contributed by atoms with E-state index in [-0.39, 0.29) is 27.4 Å². The number of phenols is 1. The van der Waals surface area contributed by atoms with Gasteiger partial charge in [-0.05, 0) is 50.1 Å². The van der Waals surface area contributed by atoms with Crippen LogP contribution in [0.3, 0.4) is 0 Å². The highest BCUT2D eigenvalue weighted by Gasteiger charge is 2.14. The van der Waals surface area contributed by atoms with Crippen LogP contribution in [0, 0.1) is 0 Å². The molecular weight excluding hydrogens is 414 g/mol. The number of phenolic OH excluding ortho intramolecular Hbond substituents is 1. The van der Waals surface area contributed by atoms with Crippen molar-refractivity contribution < 1.29 is 9.52 Å². The highest BCUT2D eigenvalue weighted by atomic mass is 79.9. The van der Waals surface area contributed by atoms with Gasteiger partial charge >= 0.3 is 0 Å². The Labute approximate surface area is 134 Å². The third kappa shape index (κ3) is 2.84. The number of rotatable bonds is 2. The molecule has 0 saturated heterocycles. The Morgan fingerprint density at radius 3 is 2.90 bits per heavy atom. The minimum Gasteiger partial charge on any atom is -0.505 e. The van der Waals surface area contributed by atoms with Gasteiger partial charge in [0.1, 0.15) is 16.5 Å². The molecule has 104 valence electrons. The van der Waals surface area contributed by atoms with E-state index in [4.69, 9.17) is 10.2 Å². The number of nitrogens with zero attached hydrogens (tertiary/aromatic N) is 1. The van der Waals surface area contributed by atoms with Crippen molar-refractivity contribution in [3.8, 4) is 5.75 Å². The fourth-order valence-electron chi connectivity index (χ4n) is 1.46. The zero-order valence-electron chi connectivity index (χ0n) is 9.68. The zero-order valence-corrected chi connectivity index (χ0v) is 13.7. The second-order valence-electron chi connectivity index (χ2n) is 3.65. The van der Waals surface area contributed by atoms with Gasteiger partial charge in [0.05, 0.1) is 21.6 Å². The molecule has 9 heteroatoms. The molecule has 0 amide bonds. The van der Waals surface area contributed by atoms with Crippen molar-refractivity contribution in [3.63, 3.8) is 0 Å². The van der Waals surface area contributed by atoms with Crippen LogP contribution in [0.1, 0.15) is 5.56 Å². The van der Waals surface area contributed by atoms with E-state index in [0.29, 0.717) is 14.3 Å². The van der Waals surface area contributed by atoms with Crippen LogP contribution in [0.25, 0.3) is 11.0 Å². The molecule has 0 saturated carbocycles. The van der Waals surface area contributed by atoms with Gasteiger partial charge in [0, 0.05) is 0 Å². The number of nitrogens with one attached hydrogen (secondary N) is 1. The number of hydrogen-bond donors (Lipinski definition) is 3. The second kappa shape index (κ2) is 5.90. The summed E-state index contributed by atoms with van der Waals surface area (Å²) in [7, 11) is 0. The third-order valence-corrected chi connectivity index (χ3v) is 3.77. The maximum absolute atomic E-state index is 12.3. The van der Waals surface area contributed by atoms with Crippen molar-refractivity contribution in [2.75, 3.05) is 0 Å². The second-order valence-corrected chi connectivity index (χ2v) is 5.74. The van der Waals surface area contributed by atoms with Gasteiger partial charge in [-0.15, -0.1) is 0 Å². The molecule has 0 spiro atoms. The van der Waals surface area contributed by atoms with E-state index in [1.54, 1.807) is 0 Å². The molecule has 0 aliphatic heterocycles. The van der Waals surface area contributed by atoms with Crippen LogP contribution < -0.4 is 16.6 Å². The lowest BCUT2D eigenvalue weighted by atomic mass is 10.2. The SMILES string of the molecule is NC(=S)N/N=C/c1coc2c(Br)c(O)c(Br)cc2c1=O. The number of nitrogens with two attached hydrogens (primary N) is 1. The summed E-state index contributed by atoms with van der Waals surface area (Å²) >= 11 is 10.9. The van der Waals surface area contributed by atoms with E-state index in [0.717, 1.165) is 0 Å². The van der Waals surface area contributed by atoms with E-state index in [2.05, 4.69) is 54.6 Å². The summed E-state index contributed by atoms with van der Waals surface area (Å²) in [6.07, 6.45) is 2.48. The number of hydrogen-bond acceptors (Lipinski definition) is 5. The molecule has 4 N–H and O–H groups in total. The van der Waals surface area contributed by atoms with Crippen LogP contribution in [0.2, 0.25) is 0 Å². The Bertz CT molecular complexity index is 789. The van der Waals surface area contributed by atoms with Crippen LogP contribution in [-0.2, 0) is 0 Å². The molecule has 0 aliphatic rings. The smallest absolute Gasteiger partial charge is 0.201 e. The number of halogens is 2. The van der Waals surface area contributed by atoms with Crippen LogP contribution in [0.15, 0.2) is 35.6 Å². The summed E-state index contributed by atoms with van der Waals surface area (Å²) in [5, 5.41) is 13.7. The summed E-state index contributed by atoms with van der Waals surface area (Å²) in [4.78, 5) is 12.3. The summed E-state index contributed by atoms with van der Waals surface area (Å²) in [5.41, 5.74) is 7.70. The van der Waals surface area contributed by atoms with Crippen LogP contribution in [0.5, 0.6) is 5.75 Å². The van der Waals surface area contributed by atoms with Crippen molar-refractivity contribution in [1.29, 1.82) is 0 Å². The molecule has 1 aromatic carbocycles. The van der Waals surface area contributed by atoms with E-state index >= 15 is 0 Å². The van der Waals surface area contributed by atoms with E-state index in [1.165, 1.54) is 18.5 Å². The van der Waals surface area contributed by atoms with Crippen molar-refractivity contribution in [2.24, 2.45) is 10.8 Å². The Balaban J connectivity index is 2.60. The predicted octanol–water partition coefficient (Wildman–Crippen LogP) is 2.19. The maximum atomic E-state index is 12.3. The monoisotopic (exact) mass is 419 g/mol. The van der Waals surface area contributed by atoms with Gasteiger partial charge in [-0.1, -0.05) is 0 Å². The number of hydrazone groups is 1. The summed E-state index contributed by atoms with van der Waals surface area (Å²) in [5.74, 6) is -0.0442. The number of benzene rings is 1. The fraction of sp³-hybridized carbons (Fsp3) is 0. The first-order valence-corrected chi connectivity index (χ1v) is 7.12. The number of thiocarbonyl (C=S) groups is 1. The molecule has 6 nitrogen and oxygen atoms in total. The first kappa shape index (κ1) is 14.9. The maximum Gasteiger partial charge on any atom is 0.201 e. The molecule has 0 unspecified atom stereocenters. The van der Waals surface area contributed by atoms with Gasteiger partial charge in [0.25, 0.3) is 0 Å². The highest BCUT2D eigenvalue weighted by molar-refractivity contribution is 9.11. The van der Waals surface area contributed by atoms with Gasteiger partial charge in [-0.3, -0.25) is 10.2 Å². The van der Waals surface area contributed by atoms with Crippen molar-refractivity contribution in [2.45, 2.75) is 0 Å². The summed E-state index contributed by atoms with van der Waals surface area (Å²) < 4.78 is 6.01. The highest BCUT2D eigenvalue weighted by Crippen LogP contribution is 2.37. The molecule has 0 fully saturated rings. The van der Waals surface area contributed by atoms with Gasteiger partial charge in [-0.2, -0.15) is 5.10 Å². The fourth-order valence-corrected chi connectivity index (χ4v) is 2.73. The lowest BCUT2D eigenvalue weighted by molar-refractivity contribution is 0.467. The normalized spacial score (nSPS) is 11.1. The lowest BCUT2D eigenvalue weighted by Crippen LogP contribution is -2.24. The molecule has 1 aromatic heterocycles. The Morgan fingerprint density at radius 1 is 1.55 bits per heavy atom. The molecule has 1 heterocycles. The van der Waals surface area contributed by atoms with E-state index in [1.807, 2.05) is 0 Å².